The molecule has 0 bridgehead atoms. The molecule has 0 spiro atoms. The topological polar surface area (TPSA) is 40.6 Å². The minimum absolute atomic E-state index is 0.395. The summed E-state index contributed by atoms with van der Waals surface area (Å²) in [5.74, 6) is 1.90. The Balaban J connectivity index is 2.00. The molecule has 0 unspecified atom stereocenters. The highest BCUT2D eigenvalue weighted by Gasteiger charge is 2.20. The van der Waals surface area contributed by atoms with Crippen LogP contribution in [-0.2, 0) is 4.65 Å². The van der Waals surface area contributed by atoms with E-state index in [4.69, 9.17) is 14.1 Å². The summed E-state index contributed by atoms with van der Waals surface area (Å²) in [6.07, 6.45) is 2.90. The maximum Gasteiger partial charge on any atom is 0.293 e. The van der Waals surface area contributed by atoms with Crippen LogP contribution in [0.1, 0.15) is 24.1 Å². The Labute approximate surface area is 138 Å². The Morgan fingerprint density at radius 3 is 2.87 bits per heavy atom. The number of hydrogen-bond acceptors (Lipinski definition) is 4. The first kappa shape index (κ1) is 15.9. The van der Waals surface area contributed by atoms with Crippen LogP contribution in [0.2, 0.25) is 6.32 Å². The molecule has 2 heterocycles. The van der Waals surface area contributed by atoms with Crippen molar-refractivity contribution in [2.24, 2.45) is 0 Å². The predicted octanol–water partition coefficient (Wildman–Crippen LogP) is 3.62. The molecule has 1 fully saturated rings. The summed E-state index contributed by atoms with van der Waals surface area (Å²) in [5.41, 5.74) is 4.43. The largest absolute Gasteiger partial charge is 0.493 e. The molecule has 1 radical (unpaired) electrons. The van der Waals surface area contributed by atoms with Gasteiger partial charge >= 0.3 is 0 Å². The summed E-state index contributed by atoms with van der Waals surface area (Å²) < 4.78 is 16.4. The van der Waals surface area contributed by atoms with Gasteiger partial charge in [-0.3, -0.25) is 4.98 Å². The molecule has 1 aliphatic rings. The number of nitrogens with zero attached hydrogens (tertiary/aromatic N) is 1. The third-order valence-electron chi connectivity index (χ3n) is 4.15. The number of pyridine rings is 1. The Kier molecular flexibility index (Phi) is 4.86. The molecule has 3 rings (SSSR count). The van der Waals surface area contributed by atoms with Crippen LogP contribution >= 0.6 is 0 Å². The number of aryl methyl sites for hydroxylation is 1. The van der Waals surface area contributed by atoms with Gasteiger partial charge in [0.2, 0.25) is 0 Å². The molecule has 1 saturated heterocycles. The van der Waals surface area contributed by atoms with Crippen molar-refractivity contribution in [3.05, 3.63) is 41.7 Å². The number of aromatic nitrogens is 1. The fourth-order valence-corrected chi connectivity index (χ4v) is 2.85. The number of benzene rings is 1. The monoisotopic (exact) mass is 310 g/mol. The van der Waals surface area contributed by atoms with Gasteiger partial charge in [0.25, 0.3) is 7.48 Å². The fourth-order valence-electron chi connectivity index (χ4n) is 2.85. The molecule has 0 amide bonds. The minimum atomic E-state index is 0.395. The first-order valence-corrected chi connectivity index (χ1v) is 7.94. The third kappa shape index (κ3) is 3.35. The van der Waals surface area contributed by atoms with E-state index in [9.17, 15) is 0 Å². The normalized spacial score (nSPS) is 16.9. The van der Waals surface area contributed by atoms with Crippen molar-refractivity contribution in [3.63, 3.8) is 0 Å². The van der Waals surface area contributed by atoms with E-state index < -0.39 is 0 Å². The molecule has 1 aromatic carbocycles. The van der Waals surface area contributed by atoms with Crippen molar-refractivity contribution < 1.29 is 14.1 Å². The lowest BCUT2D eigenvalue weighted by Crippen LogP contribution is -2.00. The number of methoxy groups -OCH3 is 1. The highest BCUT2D eigenvalue weighted by molar-refractivity contribution is 6.28. The summed E-state index contributed by atoms with van der Waals surface area (Å²) in [6.45, 7) is 5.33. The molecular formula is C18H21BNO3. The van der Waals surface area contributed by atoms with E-state index >= 15 is 0 Å². The van der Waals surface area contributed by atoms with Gasteiger partial charge in [0.15, 0.2) is 11.5 Å². The summed E-state index contributed by atoms with van der Waals surface area (Å²) in [6, 6.07) is 8.23. The van der Waals surface area contributed by atoms with Gasteiger partial charge in [0.05, 0.1) is 13.7 Å². The molecular weight excluding hydrogens is 289 g/mol. The van der Waals surface area contributed by atoms with Gasteiger partial charge in [-0.1, -0.05) is 6.07 Å². The quantitative estimate of drug-likeness (QED) is 0.791. The van der Waals surface area contributed by atoms with Gasteiger partial charge < -0.3 is 14.1 Å². The molecule has 119 valence electrons. The number of ether oxygens (including phenoxy) is 2. The average molecular weight is 310 g/mol. The van der Waals surface area contributed by atoms with E-state index in [0.717, 1.165) is 41.2 Å². The molecule has 23 heavy (non-hydrogen) atoms. The lowest BCUT2D eigenvalue weighted by molar-refractivity contribution is 0.311. The second kappa shape index (κ2) is 7.05. The molecule has 1 aromatic heterocycles. The summed E-state index contributed by atoms with van der Waals surface area (Å²) in [4.78, 5) is 4.58. The van der Waals surface area contributed by atoms with Crippen molar-refractivity contribution in [2.45, 2.75) is 26.1 Å². The highest BCUT2D eigenvalue weighted by Crippen LogP contribution is 2.35. The Morgan fingerprint density at radius 1 is 1.30 bits per heavy atom. The molecule has 0 N–H and O–H groups in total. The predicted molar refractivity (Wildman–Crippen MR) is 91.4 cm³/mol. The lowest BCUT2D eigenvalue weighted by Gasteiger charge is -2.15. The molecule has 0 aliphatic carbocycles. The van der Waals surface area contributed by atoms with Gasteiger partial charge in [-0.15, -0.1) is 0 Å². The Bertz CT molecular complexity index is 684. The second-order valence-electron chi connectivity index (χ2n) is 5.63. The zero-order valence-electron chi connectivity index (χ0n) is 13.8. The van der Waals surface area contributed by atoms with E-state index in [1.165, 1.54) is 5.56 Å². The van der Waals surface area contributed by atoms with Crippen LogP contribution in [-0.4, -0.2) is 32.8 Å². The van der Waals surface area contributed by atoms with Gasteiger partial charge in [0.1, 0.15) is 0 Å². The zero-order valence-corrected chi connectivity index (χ0v) is 13.8. The van der Waals surface area contributed by atoms with Crippen molar-refractivity contribution in [1.82, 2.24) is 4.98 Å². The SMILES string of the molecule is CCOc1cc(-c2cc([C@H]3C[B]OC3)cnc2C)ccc1OC. The van der Waals surface area contributed by atoms with Crippen LogP contribution in [0, 0.1) is 6.92 Å². The van der Waals surface area contributed by atoms with Gasteiger partial charge in [-0.2, -0.15) is 0 Å². The molecule has 4 nitrogen and oxygen atoms in total. The Hall–Kier alpha value is -2.01. The highest BCUT2D eigenvalue weighted by atomic mass is 16.5. The maximum atomic E-state index is 5.69. The van der Waals surface area contributed by atoms with Crippen LogP contribution in [0.15, 0.2) is 30.5 Å². The molecule has 1 aliphatic heterocycles. The zero-order chi connectivity index (χ0) is 16.2. The molecule has 2 aromatic rings. The van der Waals surface area contributed by atoms with Crippen molar-refractivity contribution in [2.75, 3.05) is 20.3 Å². The van der Waals surface area contributed by atoms with Crippen LogP contribution in [0.25, 0.3) is 11.1 Å². The van der Waals surface area contributed by atoms with Gasteiger partial charge in [0, 0.05) is 30.0 Å². The Morgan fingerprint density at radius 2 is 2.17 bits per heavy atom. The van der Waals surface area contributed by atoms with E-state index in [-0.39, 0.29) is 0 Å². The molecule has 0 saturated carbocycles. The van der Waals surface area contributed by atoms with E-state index in [1.807, 2.05) is 45.7 Å². The van der Waals surface area contributed by atoms with Crippen molar-refractivity contribution in [1.29, 1.82) is 0 Å². The lowest BCUT2D eigenvalue weighted by atomic mass is 9.85. The number of hydrogen-bond donors (Lipinski definition) is 0. The maximum absolute atomic E-state index is 5.69. The van der Waals surface area contributed by atoms with Crippen LogP contribution in [0.3, 0.4) is 0 Å². The van der Waals surface area contributed by atoms with Crippen molar-refractivity contribution in [3.8, 4) is 22.6 Å². The average Bonchev–Trinajstić information content (AvgIpc) is 3.10. The summed E-state index contributed by atoms with van der Waals surface area (Å²) >= 11 is 0. The standard InChI is InChI=1S/C18H21BNO3/c1-4-22-18-8-13(5-6-17(18)21-3)16-7-14(10-20-12(16)2)15-9-19-23-11-15/h5-8,10,15H,4,9,11H2,1-3H3/t15-/m0/s1. The first-order valence-electron chi connectivity index (χ1n) is 7.94. The van der Waals surface area contributed by atoms with Gasteiger partial charge in [-0.05, 0) is 49.5 Å². The fraction of sp³-hybridized carbons (Fsp3) is 0.389. The third-order valence-corrected chi connectivity index (χ3v) is 4.15. The van der Waals surface area contributed by atoms with E-state index in [0.29, 0.717) is 12.5 Å². The van der Waals surface area contributed by atoms with Gasteiger partial charge in [-0.25, -0.2) is 0 Å². The van der Waals surface area contributed by atoms with E-state index in [1.54, 1.807) is 7.11 Å². The molecule has 5 heteroatoms. The molecule has 1 atom stereocenters. The number of rotatable bonds is 5. The second-order valence-corrected chi connectivity index (χ2v) is 5.63. The smallest absolute Gasteiger partial charge is 0.293 e. The summed E-state index contributed by atoms with van der Waals surface area (Å²) in [5, 5.41) is 0. The van der Waals surface area contributed by atoms with Crippen LogP contribution in [0.4, 0.5) is 0 Å². The minimum Gasteiger partial charge on any atom is -0.493 e. The first-order chi connectivity index (χ1) is 11.2. The van der Waals surface area contributed by atoms with Crippen molar-refractivity contribution >= 4 is 7.48 Å². The van der Waals surface area contributed by atoms with Crippen LogP contribution < -0.4 is 9.47 Å². The summed E-state index contributed by atoms with van der Waals surface area (Å²) in [7, 11) is 3.53. The van der Waals surface area contributed by atoms with E-state index in [2.05, 4.69) is 11.1 Å². The van der Waals surface area contributed by atoms with Crippen LogP contribution in [0.5, 0.6) is 11.5 Å².